The number of para-hydroxylation sites is 1. The van der Waals surface area contributed by atoms with Crippen molar-refractivity contribution in [2.75, 3.05) is 13.6 Å². The normalized spacial score (nSPS) is 20.4. The number of fused-ring (bicyclic) bond motifs is 1. The highest BCUT2D eigenvalue weighted by atomic mass is 32.1. The molecule has 1 aromatic heterocycles. The van der Waals surface area contributed by atoms with E-state index in [1.165, 1.54) is 6.42 Å². The second kappa shape index (κ2) is 11.1. The summed E-state index contributed by atoms with van der Waals surface area (Å²) < 4.78 is 1.14. The molecule has 5 rings (SSSR count). The van der Waals surface area contributed by atoms with Gasteiger partial charge in [0.1, 0.15) is 11.0 Å². The number of benzene rings is 2. The fourth-order valence-corrected chi connectivity index (χ4v) is 6.83. The fraction of sp³-hybridized carbons (Fsp3) is 0.483. The first-order chi connectivity index (χ1) is 17.6. The van der Waals surface area contributed by atoms with Crippen LogP contribution >= 0.6 is 11.3 Å². The fourth-order valence-electron chi connectivity index (χ4n) is 5.68. The van der Waals surface area contributed by atoms with Gasteiger partial charge >= 0.3 is 0 Å². The van der Waals surface area contributed by atoms with E-state index in [-0.39, 0.29) is 29.8 Å². The molecule has 1 saturated carbocycles. The van der Waals surface area contributed by atoms with E-state index >= 15 is 0 Å². The topological polar surface area (TPSA) is 74.3 Å². The SMILES string of the molecule is CN[C@@H](C)C(=O)N[C@H](C(=O)N1CCC[C@@H]1c1nc2c(-c3ccccc3)cccc2s1)C1CCCCC1. The second-order valence-corrected chi connectivity index (χ2v) is 11.2. The summed E-state index contributed by atoms with van der Waals surface area (Å²) >= 11 is 1.69. The van der Waals surface area contributed by atoms with Crippen LogP contribution in [0.4, 0.5) is 0 Å². The van der Waals surface area contributed by atoms with Crippen LogP contribution in [0.15, 0.2) is 48.5 Å². The number of carbonyl (C=O) groups is 2. The average Bonchev–Trinajstić information content (AvgIpc) is 3.59. The van der Waals surface area contributed by atoms with E-state index in [0.717, 1.165) is 64.9 Å². The van der Waals surface area contributed by atoms with Gasteiger partial charge in [0.05, 0.1) is 22.3 Å². The Bertz CT molecular complexity index is 1200. The molecule has 7 heteroatoms. The molecule has 1 aliphatic carbocycles. The van der Waals surface area contributed by atoms with Crippen LogP contribution in [0.2, 0.25) is 0 Å². The first-order valence-electron chi connectivity index (χ1n) is 13.3. The highest BCUT2D eigenvalue weighted by molar-refractivity contribution is 7.18. The van der Waals surface area contributed by atoms with Gasteiger partial charge in [-0.25, -0.2) is 4.98 Å². The lowest BCUT2D eigenvalue weighted by Gasteiger charge is -2.35. The van der Waals surface area contributed by atoms with Crippen molar-refractivity contribution >= 4 is 33.4 Å². The molecular weight excluding hydrogens is 468 g/mol. The lowest BCUT2D eigenvalue weighted by Crippen LogP contribution is -2.55. The summed E-state index contributed by atoms with van der Waals surface area (Å²) in [5, 5.41) is 7.13. The van der Waals surface area contributed by atoms with Crippen LogP contribution in [0.1, 0.15) is 62.9 Å². The lowest BCUT2D eigenvalue weighted by molar-refractivity contribution is -0.139. The summed E-state index contributed by atoms with van der Waals surface area (Å²) in [5.74, 6) is 0.147. The molecule has 2 fully saturated rings. The molecule has 2 aliphatic rings. The van der Waals surface area contributed by atoms with E-state index in [9.17, 15) is 9.59 Å². The molecule has 2 amide bonds. The Morgan fingerprint density at radius 2 is 1.78 bits per heavy atom. The first kappa shape index (κ1) is 24.9. The van der Waals surface area contributed by atoms with E-state index in [1.807, 2.05) is 30.0 Å². The Labute approximate surface area is 217 Å². The lowest BCUT2D eigenvalue weighted by atomic mass is 9.83. The third-order valence-electron chi connectivity index (χ3n) is 7.85. The van der Waals surface area contributed by atoms with Gasteiger partial charge in [0.2, 0.25) is 11.8 Å². The zero-order valence-corrected chi connectivity index (χ0v) is 22.0. The molecule has 6 nitrogen and oxygen atoms in total. The summed E-state index contributed by atoms with van der Waals surface area (Å²) in [6.45, 7) is 2.55. The van der Waals surface area contributed by atoms with E-state index in [2.05, 4.69) is 41.0 Å². The maximum atomic E-state index is 14.0. The smallest absolute Gasteiger partial charge is 0.246 e. The van der Waals surface area contributed by atoms with Gasteiger partial charge in [-0.3, -0.25) is 9.59 Å². The predicted molar refractivity (Wildman–Crippen MR) is 146 cm³/mol. The van der Waals surface area contributed by atoms with E-state index in [4.69, 9.17) is 4.98 Å². The molecule has 36 heavy (non-hydrogen) atoms. The summed E-state index contributed by atoms with van der Waals surface area (Å²) in [6, 6.07) is 15.8. The van der Waals surface area contributed by atoms with E-state index < -0.39 is 6.04 Å². The number of hydrogen-bond acceptors (Lipinski definition) is 5. The minimum atomic E-state index is -0.469. The number of nitrogens with zero attached hydrogens (tertiary/aromatic N) is 2. The Hall–Kier alpha value is -2.77. The summed E-state index contributed by atoms with van der Waals surface area (Å²) in [5.41, 5.74) is 3.28. The van der Waals surface area contributed by atoms with Gasteiger partial charge in [-0.15, -0.1) is 11.3 Å². The maximum absolute atomic E-state index is 14.0. The van der Waals surface area contributed by atoms with Gasteiger partial charge < -0.3 is 15.5 Å². The molecule has 1 saturated heterocycles. The standard InChI is InChI=1S/C29H36N4O2S/c1-19(30-2)27(34)31-25(21-13-7-4-8-14-21)29(35)33-18-10-16-23(33)28-32-26-22(15-9-17-24(26)36-28)20-11-5-3-6-12-20/h3,5-6,9,11-12,15,17,19,21,23,25,30H,4,7-8,10,13-14,16,18H2,1-2H3,(H,31,34)/t19-,23+,25-/m0/s1. The first-order valence-corrected chi connectivity index (χ1v) is 14.1. The zero-order chi connectivity index (χ0) is 25.1. The van der Waals surface area contributed by atoms with Crippen LogP contribution < -0.4 is 10.6 Å². The van der Waals surface area contributed by atoms with Crippen LogP contribution in [0, 0.1) is 5.92 Å². The van der Waals surface area contributed by atoms with Crippen molar-refractivity contribution < 1.29 is 9.59 Å². The van der Waals surface area contributed by atoms with Crippen molar-refractivity contribution in [1.29, 1.82) is 0 Å². The van der Waals surface area contributed by atoms with Crippen molar-refractivity contribution in [1.82, 2.24) is 20.5 Å². The average molecular weight is 505 g/mol. The van der Waals surface area contributed by atoms with Crippen LogP contribution in [0.3, 0.4) is 0 Å². The van der Waals surface area contributed by atoms with Crippen molar-refractivity contribution in [3.63, 3.8) is 0 Å². The summed E-state index contributed by atoms with van der Waals surface area (Å²) in [4.78, 5) is 34.0. The monoisotopic (exact) mass is 504 g/mol. The molecule has 1 aliphatic heterocycles. The van der Waals surface area contributed by atoms with Gasteiger partial charge in [0.15, 0.2) is 0 Å². The molecule has 3 aromatic rings. The van der Waals surface area contributed by atoms with E-state index in [1.54, 1.807) is 18.4 Å². The summed E-state index contributed by atoms with van der Waals surface area (Å²) in [6.07, 6.45) is 7.29. The number of aromatic nitrogens is 1. The van der Waals surface area contributed by atoms with Crippen LogP contribution in [0.5, 0.6) is 0 Å². The van der Waals surface area contributed by atoms with Gasteiger partial charge in [-0.1, -0.05) is 61.7 Å². The molecule has 2 aromatic carbocycles. The van der Waals surface area contributed by atoms with Crippen molar-refractivity contribution in [3.05, 3.63) is 53.5 Å². The molecule has 0 spiro atoms. The number of likely N-dealkylation sites (N-methyl/N-ethyl adjacent to an activating group) is 1. The van der Waals surface area contributed by atoms with Crippen LogP contribution in [0.25, 0.3) is 21.3 Å². The van der Waals surface area contributed by atoms with Crippen molar-refractivity contribution in [2.24, 2.45) is 5.92 Å². The van der Waals surface area contributed by atoms with E-state index in [0.29, 0.717) is 6.54 Å². The van der Waals surface area contributed by atoms with Gasteiger partial charge in [-0.2, -0.15) is 0 Å². The summed E-state index contributed by atoms with van der Waals surface area (Å²) in [7, 11) is 1.77. The number of amides is 2. The third-order valence-corrected chi connectivity index (χ3v) is 8.97. The highest BCUT2D eigenvalue weighted by Gasteiger charge is 2.40. The number of thiazole rings is 1. The minimum absolute atomic E-state index is 0.0387. The number of likely N-dealkylation sites (tertiary alicyclic amines) is 1. The molecular formula is C29H36N4O2S. The van der Waals surface area contributed by atoms with Gasteiger partial charge in [0.25, 0.3) is 0 Å². The Kier molecular flexibility index (Phi) is 7.67. The Morgan fingerprint density at radius 3 is 2.53 bits per heavy atom. The Morgan fingerprint density at radius 1 is 1.00 bits per heavy atom. The maximum Gasteiger partial charge on any atom is 0.246 e. The van der Waals surface area contributed by atoms with Crippen LogP contribution in [-0.4, -0.2) is 47.4 Å². The molecule has 0 radical (unpaired) electrons. The molecule has 0 unspecified atom stereocenters. The van der Waals surface area contributed by atoms with Gasteiger partial charge in [0, 0.05) is 12.1 Å². The Balaban J connectivity index is 1.44. The number of nitrogens with one attached hydrogen (secondary N) is 2. The molecule has 0 bridgehead atoms. The van der Waals surface area contributed by atoms with Crippen molar-refractivity contribution in [2.45, 2.75) is 70.0 Å². The second-order valence-electron chi connectivity index (χ2n) is 10.2. The zero-order valence-electron chi connectivity index (χ0n) is 21.2. The predicted octanol–water partition coefficient (Wildman–Crippen LogP) is 5.30. The largest absolute Gasteiger partial charge is 0.343 e. The number of carbonyl (C=O) groups excluding carboxylic acids is 2. The van der Waals surface area contributed by atoms with Gasteiger partial charge in [-0.05, 0) is 57.2 Å². The third kappa shape index (κ3) is 5.04. The number of hydrogen-bond donors (Lipinski definition) is 2. The minimum Gasteiger partial charge on any atom is -0.343 e. The quantitative estimate of drug-likeness (QED) is 0.458. The van der Waals surface area contributed by atoms with Crippen LogP contribution in [-0.2, 0) is 9.59 Å². The number of rotatable bonds is 7. The van der Waals surface area contributed by atoms with Crippen molar-refractivity contribution in [3.8, 4) is 11.1 Å². The molecule has 190 valence electrons. The molecule has 2 N–H and O–H groups in total. The molecule has 2 heterocycles. The highest BCUT2D eigenvalue weighted by Crippen LogP contribution is 2.40. The molecule has 3 atom stereocenters.